The fraction of sp³-hybridized carbons (Fsp3) is 0.105. The van der Waals surface area contributed by atoms with E-state index in [2.05, 4.69) is 5.32 Å². The highest BCUT2D eigenvalue weighted by Gasteiger charge is 2.29. The first kappa shape index (κ1) is 20.1. The molecule has 0 aliphatic carbocycles. The van der Waals surface area contributed by atoms with E-state index in [0.29, 0.717) is 11.4 Å². The summed E-state index contributed by atoms with van der Waals surface area (Å²) in [5.41, 5.74) is 0.530. The summed E-state index contributed by atoms with van der Waals surface area (Å²) in [6.07, 6.45) is 1.40. The van der Waals surface area contributed by atoms with E-state index in [0.717, 1.165) is 22.5 Å². The number of para-hydroxylation sites is 1. The molecule has 1 aromatic heterocycles. The van der Waals surface area contributed by atoms with Crippen LogP contribution in [0.15, 0.2) is 76.2 Å². The SMILES string of the molecule is O=C(CN(Cc1ccco1)S(=O)(=O)c1ccc(F)cc1Cl)Nc1ccccc1. The van der Waals surface area contributed by atoms with Gasteiger partial charge in [-0.2, -0.15) is 4.31 Å². The van der Waals surface area contributed by atoms with Crippen molar-refractivity contribution in [3.63, 3.8) is 0 Å². The molecule has 0 aliphatic rings. The average Bonchev–Trinajstić information content (AvgIpc) is 3.15. The Morgan fingerprint density at radius 2 is 1.86 bits per heavy atom. The Hall–Kier alpha value is -2.68. The van der Waals surface area contributed by atoms with Crippen LogP contribution in [0.4, 0.5) is 10.1 Å². The van der Waals surface area contributed by atoms with Gasteiger partial charge in [0.1, 0.15) is 16.5 Å². The van der Waals surface area contributed by atoms with Crippen LogP contribution in [0.2, 0.25) is 5.02 Å². The van der Waals surface area contributed by atoms with Crippen molar-refractivity contribution < 1.29 is 22.0 Å². The number of sulfonamides is 1. The molecule has 0 fully saturated rings. The minimum atomic E-state index is -4.20. The number of amides is 1. The lowest BCUT2D eigenvalue weighted by atomic mass is 10.3. The summed E-state index contributed by atoms with van der Waals surface area (Å²) in [4.78, 5) is 12.1. The Bertz CT molecular complexity index is 1060. The highest BCUT2D eigenvalue weighted by Crippen LogP contribution is 2.26. The van der Waals surface area contributed by atoms with Gasteiger partial charge in [-0.3, -0.25) is 4.79 Å². The number of hydrogen-bond donors (Lipinski definition) is 1. The van der Waals surface area contributed by atoms with E-state index in [4.69, 9.17) is 16.0 Å². The number of carbonyl (C=O) groups is 1. The number of nitrogens with zero attached hydrogens (tertiary/aromatic N) is 1. The zero-order valence-corrected chi connectivity index (χ0v) is 16.1. The number of hydrogen-bond acceptors (Lipinski definition) is 4. The third-order valence-electron chi connectivity index (χ3n) is 3.80. The molecular formula is C19H16ClFN2O4S. The highest BCUT2D eigenvalue weighted by molar-refractivity contribution is 7.89. The second-order valence-corrected chi connectivity index (χ2v) is 8.15. The molecule has 146 valence electrons. The molecule has 6 nitrogen and oxygen atoms in total. The van der Waals surface area contributed by atoms with Crippen molar-refractivity contribution in [2.24, 2.45) is 0 Å². The third-order valence-corrected chi connectivity index (χ3v) is 6.08. The Balaban J connectivity index is 1.88. The predicted octanol–water partition coefficient (Wildman–Crippen LogP) is 3.90. The molecule has 9 heteroatoms. The molecule has 0 saturated heterocycles. The third kappa shape index (κ3) is 4.78. The normalized spacial score (nSPS) is 11.5. The van der Waals surface area contributed by atoms with Gasteiger partial charge in [0.2, 0.25) is 15.9 Å². The zero-order chi connectivity index (χ0) is 20.1. The van der Waals surface area contributed by atoms with Crippen LogP contribution in [-0.2, 0) is 21.4 Å². The van der Waals surface area contributed by atoms with Gasteiger partial charge < -0.3 is 9.73 Å². The first-order chi connectivity index (χ1) is 13.4. The number of carbonyl (C=O) groups excluding carboxylic acids is 1. The maximum atomic E-state index is 13.3. The molecule has 0 saturated carbocycles. The summed E-state index contributed by atoms with van der Waals surface area (Å²) in [5.74, 6) is -0.864. The minimum Gasteiger partial charge on any atom is -0.468 e. The van der Waals surface area contributed by atoms with Crippen LogP contribution in [0.1, 0.15) is 5.76 Å². The predicted molar refractivity (Wildman–Crippen MR) is 103 cm³/mol. The van der Waals surface area contributed by atoms with Crippen LogP contribution in [-0.4, -0.2) is 25.2 Å². The molecule has 28 heavy (non-hydrogen) atoms. The van der Waals surface area contributed by atoms with E-state index < -0.39 is 28.3 Å². The number of rotatable bonds is 7. The molecule has 0 unspecified atom stereocenters. The van der Waals surface area contributed by atoms with Gasteiger partial charge in [0.05, 0.1) is 24.4 Å². The summed E-state index contributed by atoms with van der Waals surface area (Å²) < 4.78 is 45.6. The van der Waals surface area contributed by atoms with Crippen LogP contribution in [0.5, 0.6) is 0 Å². The number of anilines is 1. The summed E-state index contributed by atoms with van der Waals surface area (Å²) in [6.45, 7) is -0.670. The van der Waals surface area contributed by atoms with Gasteiger partial charge in [-0.1, -0.05) is 29.8 Å². The molecule has 3 rings (SSSR count). The van der Waals surface area contributed by atoms with Crippen LogP contribution in [0.3, 0.4) is 0 Å². The lowest BCUT2D eigenvalue weighted by Gasteiger charge is -2.21. The van der Waals surface area contributed by atoms with Gasteiger partial charge in [0.15, 0.2) is 0 Å². The first-order valence-corrected chi connectivity index (χ1v) is 10.0. The maximum Gasteiger partial charge on any atom is 0.245 e. The van der Waals surface area contributed by atoms with Crippen molar-refractivity contribution in [1.29, 1.82) is 0 Å². The average molecular weight is 423 g/mol. The fourth-order valence-electron chi connectivity index (χ4n) is 2.51. The van der Waals surface area contributed by atoms with Crippen molar-refractivity contribution in [3.05, 3.63) is 83.5 Å². The largest absolute Gasteiger partial charge is 0.468 e. The number of nitrogens with one attached hydrogen (secondary N) is 1. The summed E-state index contributed by atoms with van der Waals surface area (Å²) >= 11 is 5.94. The van der Waals surface area contributed by atoms with Gasteiger partial charge in [-0.25, -0.2) is 12.8 Å². The fourth-order valence-corrected chi connectivity index (χ4v) is 4.38. The maximum absolute atomic E-state index is 13.3. The molecule has 0 bridgehead atoms. The quantitative estimate of drug-likeness (QED) is 0.626. The Morgan fingerprint density at radius 1 is 1.11 bits per heavy atom. The highest BCUT2D eigenvalue weighted by atomic mass is 35.5. The Morgan fingerprint density at radius 3 is 2.50 bits per heavy atom. The van der Waals surface area contributed by atoms with Crippen molar-refractivity contribution in [1.82, 2.24) is 4.31 Å². The summed E-state index contributed by atoms with van der Waals surface area (Å²) in [5, 5.41) is 2.36. The smallest absolute Gasteiger partial charge is 0.245 e. The van der Waals surface area contributed by atoms with Crippen molar-refractivity contribution in [2.75, 3.05) is 11.9 Å². The van der Waals surface area contributed by atoms with E-state index in [9.17, 15) is 17.6 Å². The van der Waals surface area contributed by atoms with Crippen LogP contribution < -0.4 is 5.32 Å². The van der Waals surface area contributed by atoms with Gasteiger partial charge in [0, 0.05) is 5.69 Å². The molecular weight excluding hydrogens is 407 g/mol. The first-order valence-electron chi connectivity index (χ1n) is 8.19. The molecule has 0 spiro atoms. The Labute approximate surface area is 166 Å². The summed E-state index contributed by atoms with van der Waals surface area (Å²) in [6, 6.07) is 14.8. The van der Waals surface area contributed by atoms with E-state index in [1.807, 2.05) is 0 Å². The second kappa shape index (κ2) is 8.55. The number of furan rings is 1. The van der Waals surface area contributed by atoms with Crippen molar-refractivity contribution >= 4 is 33.2 Å². The van der Waals surface area contributed by atoms with Gasteiger partial charge in [-0.05, 0) is 42.5 Å². The van der Waals surface area contributed by atoms with Crippen molar-refractivity contribution in [3.8, 4) is 0 Å². The van der Waals surface area contributed by atoms with E-state index in [1.165, 1.54) is 6.26 Å². The molecule has 1 amide bonds. The van der Waals surface area contributed by atoms with Crippen molar-refractivity contribution in [2.45, 2.75) is 11.4 Å². The number of benzene rings is 2. The molecule has 1 N–H and O–H groups in total. The molecule has 2 aromatic carbocycles. The summed E-state index contributed by atoms with van der Waals surface area (Å²) in [7, 11) is -4.20. The second-order valence-electron chi connectivity index (χ2n) is 5.84. The van der Waals surface area contributed by atoms with E-state index >= 15 is 0 Å². The topological polar surface area (TPSA) is 79.6 Å². The standard InChI is InChI=1S/C19H16ClFN2O4S/c20-17-11-14(21)8-9-18(17)28(25,26)23(12-16-7-4-10-27-16)13-19(24)22-15-5-2-1-3-6-15/h1-11H,12-13H2,(H,22,24). The minimum absolute atomic E-state index is 0.189. The van der Waals surface area contributed by atoms with E-state index in [1.54, 1.807) is 42.5 Å². The lowest BCUT2D eigenvalue weighted by Crippen LogP contribution is -2.37. The van der Waals surface area contributed by atoms with Gasteiger partial charge in [0.25, 0.3) is 0 Å². The van der Waals surface area contributed by atoms with Crippen LogP contribution in [0, 0.1) is 5.82 Å². The molecule has 0 atom stereocenters. The molecule has 0 aliphatic heterocycles. The zero-order valence-electron chi connectivity index (χ0n) is 14.5. The van der Waals surface area contributed by atoms with Gasteiger partial charge in [-0.15, -0.1) is 0 Å². The molecule has 3 aromatic rings. The van der Waals surface area contributed by atoms with Gasteiger partial charge >= 0.3 is 0 Å². The van der Waals surface area contributed by atoms with E-state index in [-0.39, 0.29) is 16.5 Å². The van der Waals surface area contributed by atoms with Crippen LogP contribution >= 0.6 is 11.6 Å². The molecule has 0 radical (unpaired) electrons. The number of halogens is 2. The molecule has 1 heterocycles. The monoisotopic (exact) mass is 422 g/mol. The van der Waals surface area contributed by atoms with Crippen LogP contribution in [0.25, 0.3) is 0 Å². The Kier molecular flexibility index (Phi) is 6.13. The lowest BCUT2D eigenvalue weighted by molar-refractivity contribution is -0.116.